The SMILES string of the molecule is CC(C)(Cl)C/C=C/OCC(=O)NC1=CC=C(N)CC1. The van der Waals surface area contributed by atoms with Crippen molar-refractivity contribution in [3.8, 4) is 0 Å². The van der Waals surface area contributed by atoms with Gasteiger partial charge in [-0.25, -0.2) is 0 Å². The Balaban J connectivity index is 2.22. The van der Waals surface area contributed by atoms with Crippen LogP contribution in [0, 0.1) is 0 Å². The van der Waals surface area contributed by atoms with Crippen LogP contribution in [-0.2, 0) is 9.53 Å². The lowest BCUT2D eigenvalue weighted by atomic mass is 10.1. The van der Waals surface area contributed by atoms with E-state index in [9.17, 15) is 4.79 Å². The minimum Gasteiger partial charge on any atom is -0.492 e. The van der Waals surface area contributed by atoms with Crippen molar-refractivity contribution in [1.82, 2.24) is 5.32 Å². The van der Waals surface area contributed by atoms with E-state index < -0.39 is 0 Å². The molecule has 0 bridgehead atoms. The molecule has 0 aromatic heterocycles. The van der Waals surface area contributed by atoms with Gasteiger partial charge >= 0.3 is 0 Å². The summed E-state index contributed by atoms with van der Waals surface area (Å²) in [5, 5.41) is 2.78. The van der Waals surface area contributed by atoms with Crippen molar-refractivity contribution in [2.45, 2.75) is 38.0 Å². The molecule has 0 saturated carbocycles. The first-order valence-electron chi connectivity index (χ1n) is 6.27. The van der Waals surface area contributed by atoms with Crippen molar-refractivity contribution in [1.29, 1.82) is 0 Å². The molecule has 0 saturated heterocycles. The molecule has 0 aliphatic heterocycles. The zero-order valence-corrected chi connectivity index (χ0v) is 12.2. The topological polar surface area (TPSA) is 64.3 Å². The standard InChI is InChI=1S/C14H21ClN2O2/c1-14(2,15)8-3-9-19-10-13(18)17-12-6-4-11(16)5-7-12/h3-4,6,9H,5,7-8,10,16H2,1-2H3,(H,17,18)/b9-3+. The first-order chi connectivity index (χ1) is 8.87. The molecule has 0 fully saturated rings. The molecule has 0 spiro atoms. The molecule has 0 radical (unpaired) electrons. The highest BCUT2D eigenvalue weighted by Crippen LogP contribution is 2.17. The van der Waals surface area contributed by atoms with Gasteiger partial charge in [-0.1, -0.05) is 0 Å². The van der Waals surface area contributed by atoms with Crippen LogP contribution in [0.5, 0.6) is 0 Å². The normalized spacial score (nSPS) is 15.9. The fraction of sp³-hybridized carbons (Fsp3) is 0.500. The Morgan fingerprint density at radius 2 is 2.26 bits per heavy atom. The summed E-state index contributed by atoms with van der Waals surface area (Å²) in [5.41, 5.74) is 7.34. The molecule has 4 nitrogen and oxygen atoms in total. The number of allylic oxidation sites excluding steroid dienone is 5. The fourth-order valence-corrected chi connectivity index (χ4v) is 1.58. The van der Waals surface area contributed by atoms with Crippen LogP contribution in [0.25, 0.3) is 0 Å². The molecular weight excluding hydrogens is 264 g/mol. The molecule has 0 heterocycles. The smallest absolute Gasteiger partial charge is 0.262 e. The Bertz CT molecular complexity index is 406. The van der Waals surface area contributed by atoms with Gasteiger partial charge in [0.1, 0.15) is 0 Å². The Morgan fingerprint density at radius 3 is 2.84 bits per heavy atom. The molecule has 3 N–H and O–H groups in total. The van der Waals surface area contributed by atoms with Gasteiger partial charge in [0, 0.05) is 16.3 Å². The number of nitrogens with one attached hydrogen (secondary N) is 1. The second-order valence-electron chi connectivity index (χ2n) is 5.09. The highest BCUT2D eigenvalue weighted by molar-refractivity contribution is 6.23. The molecule has 0 aromatic rings. The summed E-state index contributed by atoms with van der Waals surface area (Å²) < 4.78 is 5.13. The Kier molecular flexibility index (Phi) is 5.96. The Labute approximate surface area is 119 Å². The quantitative estimate of drug-likeness (QED) is 0.582. The lowest BCUT2D eigenvalue weighted by Gasteiger charge is -2.13. The third-order valence-electron chi connectivity index (χ3n) is 2.49. The highest BCUT2D eigenvalue weighted by Gasteiger charge is 2.10. The maximum Gasteiger partial charge on any atom is 0.262 e. The summed E-state index contributed by atoms with van der Waals surface area (Å²) in [6.45, 7) is 3.83. The van der Waals surface area contributed by atoms with Crippen LogP contribution in [0.1, 0.15) is 33.1 Å². The van der Waals surface area contributed by atoms with E-state index in [2.05, 4.69) is 5.32 Å². The van der Waals surface area contributed by atoms with E-state index in [0.717, 1.165) is 24.2 Å². The van der Waals surface area contributed by atoms with Gasteiger partial charge in [0.2, 0.25) is 0 Å². The largest absolute Gasteiger partial charge is 0.492 e. The first-order valence-corrected chi connectivity index (χ1v) is 6.65. The summed E-state index contributed by atoms with van der Waals surface area (Å²) in [6, 6.07) is 0. The lowest BCUT2D eigenvalue weighted by Crippen LogP contribution is -2.27. The summed E-state index contributed by atoms with van der Waals surface area (Å²) >= 11 is 6.01. The van der Waals surface area contributed by atoms with Gasteiger partial charge in [-0.05, 0) is 51.3 Å². The minimum absolute atomic E-state index is 0.00422. The molecular formula is C14H21ClN2O2. The van der Waals surface area contributed by atoms with Crippen LogP contribution in [0.4, 0.5) is 0 Å². The summed E-state index contributed by atoms with van der Waals surface area (Å²) in [4.78, 5) is 11.3. The number of nitrogens with two attached hydrogens (primary N) is 1. The number of rotatable bonds is 6. The van der Waals surface area contributed by atoms with Crippen LogP contribution in [0.3, 0.4) is 0 Å². The number of hydrogen-bond acceptors (Lipinski definition) is 3. The summed E-state index contributed by atoms with van der Waals surface area (Å²) in [5.74, 6) is -0.171. The summed E-state index contributed by atoms with van der Waals surface area (Å²) in [6.07, 6.45) is 9.17. The lowest BCUT2D eigenvalue weighted by molar-refractivity contribution is -0.123. The molecule has 19 heavy (non-hydrogen) atoms. The van der Waals surface area contributed by atoms with Crippen molar-refractivity contribution < 1.29 is 9.53 Å². The number of ether oxygens (including phenoxy) is 1. The zero-order chi connectivity index (χ0) is 14.3. The van der Waals surface area contributed by atoms with Crippen molar-refractivity contribution in [2.75, 3.05) is 6.61 Å². The highest BCUT2D eigenvalue weighted by atomic mass is 35.5. The van der Waals surface area contributed by atoms with Gasteiger partial charge in [0.15, 0.2) is 6.61 Å². The van der Waals surface area contributed by atoms with Crippen LogP contribution in [0.15, 0.2) is 35.9 Å². The van der Waals surface area contributed by atoms with Crippen molar-refractivity contribution in [3.63, 3.8) is 0 Å². The molecule has 1 amide bonds. The van der Waals surface area contributed by atoms with Crippen molar-refractivity contribution >= 4 is 17.5 Å². The van der Waals surface area contributed by atoms with Crippen LogP contribution in [-0.4, -0.2) is 17.4 Å². The molecule has 1 rings (SSSR count). The third-order valence-corrected chi connectivity index (χ3v) is 2.65. The number of carbonyl (C=O) groups excluding carboxylic acids is 1. The second-order valence-corrected chi connectivity index (χ2v) is 6.11. The Morgan fingerprint density at radius 1 is 1.53 bits per heavy atom. The van der Waals surface area contributed by atoms with E-state index in [1.54, 1.807) is 0 Å². The monoisotopic (exact) mass is 284 g/mol. The van der Waals surface area contributed by atoms with Crippen molar-refractivity contribution in [2.24, 2.45) is 5.73 Å². The van der Waals surface area contributed by atoms with E-state index in [1.165, 1.54) is 6.26 Å². The number of hydrogen-bond donors (Lipinski definition) is 2. The van der Waals surface area contributed by atoms with Gasteiger partial charge in [-0.2, -0.15) is 0 Å². The molecule has 0 aromatic carbocycles. The van der Waals surface area contributed by atoms with Gasteiger partial charge in [-0.3, -0.25) is 4.79 Å². The molecule has 5 heteroatoms. The molecule has 0 atom stereocenters. The number of alkyl halides is 1. The summed E-state index contributed by atoms with van der Waals surface area (Å²) in [7, 11) is 0. The predicted molar refractivity (Wildman–Crippen MR) is 77.4 cm³/mol. The van der Waals surface area contributed by atoms with E-state index in [0.29, 0.717) is 6.42 Å². The number of carbonyl (C=O) groups is 1. The average Bonchev–Trinajstić information content (AvgIpc) is 2.30. The molecule has 106 valence electrons. The van der Waals surface area contributed by atoms with Crippen LogP contribution >= 0.6 is 11.6 Å². The van der Waals surface area contributed by atoms with Gasteiger partial charge in [0.25, 0.3) is 5.91 Å². The van der Waals surface area contributed by atoms with Gasteiger partial charge < -0.3 is 15.8 Å². The molecule has 1 aliphatic carbocycles. The first kappa shape index (κ1) is 15.6. The van der Waals surface area contributed by atoms with Crippen LogP contribution < -0.4 is 11.1 Å². The maximum atomic E-state index is 11.6. The van der Waals surface area contributed by atoms with Gasteiger partial charge in [-0.15, -0.1) is 11.6 Å². The fourth-order valence-electron chi connectivity index (χ4n) is 1.49. The number of amides is 1. The average molecular weight is 285 g/mol. The zero-order valence-electron chi connectivity index (χ0n) is 11.4. The van der Waals surface area contributed by atoms with E-state index in [-0.39, 0.29) is 17.4 Å². The second kappa shape index (κ2) is 7.24. The molecule has 0 unspecified atom stereocenters. The predicted octanol–water partition coefficient (Wildman–Crippen LogP) is 2.56. The number of halogens is 1. The third kappa shape index (κ3) is 7.57. The Hall–Kier alpha value is -1.42. The van der Waals surface area contributed by atoms with Gasteiger partial charge in [0.05, 0.1) is 6.26 Å². The maximum absolute atomic E-state index is 11.6. The van der Waals surface area contributed by atoms with Crippen molar-refractivity contribution in [3.05, 3.63) is 35.9 Å². The minimum atomic E-state index is -0.290. The van der Waals surface area contributed by atoms with E-state index in [1.807, 2.05) is 32.1 Å². The van der Waals surface area contributed by atoms with E-state index >= 15 is 0 Å². The van der Waals surface area contributed by atoms with E-state index in [4.69, 9.17) is 22.1 Å². The van der Waals surface area contributed by atoms with Crippen LogP contribution in [0.2, 0.25) is 0 Å². The molecule has 1 aliphatic rings.